The standard InChI is InChI=1S/C17H28N4O4/c1-14(24-16(22)13-15-5-3-2-4-6-15)25-17(23)21-12-11-20-10-9-19-8-7-18/h2-6,14,19-20H,7-13,18H2,1H3,(H,21,23). The van der Waals surface area contributed by atoms with Gasteiger partial charge in [0.15, 0.2) is 0 Å². The van der Waals surface area contributed by atoms with Gasteiger partial charge in [0.05, 0.1) is 6.42 Å². The number of ether oxygens (including phenoxy) is 2. The van der Waals surface area contributed by atoms with Crippen LogP contribution in [-0.2, 0) is 20.7 Å². The Balaban J connectivity index is 2.06. The van der Waals surface area contributed by atoms with Crippen LogP contribution in [0.2, 0.25) is 0 Å². The topological polar surface area (TPSA) is 115 Å². The van der Waals surface area contributed by atoms with E-state index in [1.807, 2.05) is 30.3 Å². The molecule has 0 aliphatic carbocycles. The Hall–Kier alpha value is -2.16. The van der Waals surface area contributed by atoms with Gasteiger partial charge >= 0.3 is 12.1 Å². The van der Waals surface area contributed by atoms with Crippen molar-refractivity contribution in [3.63, 3.8) is 0 Å². The van der Waals surface area contributed by atoms with Gasteiger partial charge in [0.1, 0.15) is 0 Å². The predicted octanol–water partition coefficient (Wildman–Crippen LogP) is -0.0176. The van der Waals surface area contributed by atoms with Crippen molar-refractivity contribution < 1.29 is 19.1 Å². The highest BCUT2D eigenvalue weighted by Crippen LogP contribution is 2.03. The van der Waals surface area contributed by atoms with Gasteiger partial charge in [-0.15, -0.1) is 0 Å². The van der Waals surface area contributed by atoms with Crippen LogP contribution in [0.4, 0.5) is 4.79 Å². The smallest absolute Gasteiger partial charge is 0.410 e. The third-order valence-corrected chi connectivity index (χ3v) is 3.13. The van der Waals surface area contributed by atoms with E-state index >= 15 is 0 Å². The number of esters is 1. The van der Waals surface area contributed by atoms with Crippen LogP contribution in [0.25, 0.3) is 0 Å². The van der Waals surface area contributed by atoms with E-state index in [1.165, 1.54) is 6.92 Å². The molecule has 1 rings (SSSR count). The minimum atomic E-state index is -0.940. The molecule has 1 aromatic carbocycles. The molecule has 0 radical (unpaired) electrons. The molecule has 8 heteroatoms. The Morgan fingerprint density at radius 1 is 1.00 bits per heavy atom. The molecule has 0 fully saturated rings. The van der Waals surface area contributed by atoms with E-state index in [4.69, 9.17) is 15.2 Å². The van der Waals surface area contributed by atoms with E-state index in [1.54, 1.807) is 0 Å². The van der Waals surface area contributed by atoms with Gasteiger partial charge in [-0.25, -0.2) is 4.79 Å². The quantitative estimate of drug-likeness (QED) is 0.237. The number of hydrogen-bond acceptors (Lipinski definition) is 7. The van der Waals surface area contributed by atoms with Gasteiger partial charge in [-0.3, -0.25) is 4.79 Å². The van der Waals surface area contributed by atoms with Crippen LogP contribution in [0, 0.1) is 0 Å². The largest absolute Gasteiger partial charge is 0.425 e. The first-order valence-corrected chi connectivity index (χ1v) is 8.41. The molecule has 0 bridgehead atoms. The molecule has 5 N–H and O–H groups in total. The van der Waals surface area contributed by atoms with E-state index in [9.17, 15) is 9.59 Å². The number of hydrogen-bond donors (Lipinski definition) is 4. The summed E-state index contributed by atoms with van der Waals surface area (Å²) < 4.78 is 10.0. The van der Waals surface area contributed by atoms with Crippen molar-refractivity contribution in [2.24, 2.45) is 5.73 Å². The van der Waals surface area contributed by atoms with Gasteiger partial charge in [-0.05, 0) is 5.56 Å². The number of nitrogens with one attached hydrogen (secondary N) is 3. The van der Waals surface area contributed by atoms with E-state index in [2.05, 4.69) is 16.0 Å². The summed E-state index contributed by atoms with van der Waals surface area (Å²) in [6.45, 7) is 5.53. The fourth-order valence-corrected chi connectivity index (χ4v) is 1.99. The maximum Gasteiger partial charge on any atom is 0.410 e. The second-order valence-corrected chi connectivity index (χ2v) is 5.34. The highest BCUT2D eigenvalue weighted by Gasteiger charge is 2.14. The fraction of sp³-hybridized carbons (Fsp3) is 0.529. The fourth-order valence-electron chi connectivity index (χ4n) is 1.99. The Kier molecular flexibility index (Phi) is 11.0. The number of nitrogens with two attached hydrogens (primary N) is 1. The highest BCUT2D eigenvalue weighted by molar-refractivity contribution is 5.73. The summed E-state index contributed by atoms with van der Waals surface area (Å²) >= 11 is 0. The summed E-state index contributed by atoms with van der Waals surface area (Å²) in [7, 11) is 0. The molecular weight excluding hydrogens is 324 g/mol. The summed E-state index contributed by atoms with van der Waals surface area (Å²) in [5, 5.41) is 8.89. The van der Waals surface area contributed by atoms with Crippen molar-refractivity contribution in [1.29, 1.82) is 0 Å². The van der Waals surface area contributed by atoms with Crippen LogP contribution in [-0.4, -0.2) is 57.6 Å². The molecule has 1 amide bonds. The second kappa shape index (κ2) is 13.2. The van der Waals surface area contributed by atoms with E-state index in [-0.39, 0.29) is 6.42 Å². The SMILES string of the molecule is CC(OC(=O)Cc1ccccc1)OC(=O)NCCNCCNCCN. The molecule has 1 atom stereocenters. The third kappa shape index (κ3) is 11.1. The van der Waals surface area contributed by atoms with Gasteiger partial charge in [0.25, 0.3) is 0 Å². The van der Waals surface area contributed by atoms with Crippen molar-refractivity contribution in [1.82, 2.24) is 16.0 Å². The number of rotatable bonds is 12. The normalized spacial score (nSPS) is 11.6. The zero-order valence-electron chi connectivity index (χ0n) is 14.6. The number of alkyl carbamates (subject to hydrolysis) is 1. The zero-order chi connectivity index (χ0) is 18.3. The van der Waals surface area contributed by atoms with Gasteiger partial charge in [0, 0.05) is 46.2 Å². The first kappa shape index (κ1) is 20.9. The van der Waals surface area contributed by atoms with E-state index < -0.39 is 18.4 Å². The number of carbonyl (C=O) groups excluding carboxylic acids is 2. The zero-order valence-corrected chi connectivity index (χ0v) is 14.6. The van der Waals surface area contributed by atoms with Crippen LogP contribution >= 0.6 is 0 Å². The average molecular weight is 352 g/mol. The predicted molar refractivity (Wildman–Crippen MR) is 95.0 cm³/mol. The first-order valence-electron chi connectivity index (χ1n) is 8.41. The molecule has 8 nitrogen and oxygen atoms in total. The Morgan fingerprint density at radius 2 is 1.64 bits per heavy atom. The highest BCUT2D eigenvalue weighted by atomic mass is 16.7. The first-order chi connectivity index (χ1) is 12.1. The molecule has 0 aliphatic rings. The van der Waals surface area contributed by atoms with Crippen molar-refractivity contribution in [2.75, 3.05) is 39.3 Å². The molecule has 0 saturated heterocycles. The molecule has 1 unspecified atom stereocenters. The average Bonchev–Trinajstić information content (AvgIpc) is 2.57. The van der Waals surface area contributed by atoms with E-state index in [0.29, 0.717) is 19.6 Å². The Morgan fingerprint density at radius 3 is 2.32 bits per heavy atom. The lowest BCUT2D eigenvalue weighted by Gasteiger charge is -2.15. The minimum Gasteiger partial charge on any atom is -0.425 e. The molecule has 0 spiro atoms. The van der Waals surface area contributed by atoms with Crippen LogP contribution < -0.4 is 21.7 Å². The molecular formula is C17H28N4O4. The monoisotopic (exact) mass is 352 g/mol. The maximum absolute atomic E-state index is 11.8. The molecule has 25 heavy (non-hydrogen) atoms. The van der Waals surface area contributed by atoms with Crippen molar-refractivity contribution in [2.45, 2.75) is 19.6 Å². The molecule has 0 saturated carbocycles. The molecule has 0 aromatic heterocycles. The summed E-state index contributed by atoms with van der Waals surface area (Å²) in [4.78, 5) is 23.3. The van der Waals surface area contributed by atoms with Gasteiger partial charge < -0.3 is 31.2 Å². The minimum absolute atomic E-state index is 0.137. The van der Waals surface area contributed by atoms with Crippen molar-refractivity contribution in [3.8, 4) is 0 Å². The van der Waals surface area contributed by atoms with Gasteiger partial charge in [0.2, 0.25) is 6.29 Å². The van der Waals surface area contributed by atoms with Gasteiger partial charge in [-0.1, -0.05) is 30.3 Å². The third-order valence-electron chi connectivity index (χ3n) is 3.13. The number of amides is 1. The van der Waals surface area contributed by atoms with Crippen LogP contribution in [0.3, 0.4) is 0 Å². The van der Waals surface area contributed by atoms with Crippen molar-refractivity contribution >= 4 is 12.1 Å². The molecule has 1 aromatic rings. The van der Waals surface area contributed by atoms with E-state index in [0.717, 1.165) is 25.2 Å². The van der Waals surface area contributed by atoms with Crippen molar-refractivity contribution in [3.05, 3.63) is 35.9 Å². The summed E-state index contributed by atoms with van der Waals surface area (Å²) in [5.74, 6) is -0.446. The maximum atomic E-state index is 11.8. The number of carbonyl (C=O) groups is 2. The van der Waals surface area contributed by atoms with Crippen LogP contribution in [0.5, 0.6) is 0 Å². The molecule has 0 heterocycles. The lowest BCUT2D eigenvalue weighted by molar-refractivity contribution is -0.163. The summed E-state index contributed by atoms with van der Waals surface area (Å²) in [6.07, 6.45) is -1.43. The Labute approximate surface area is 148 Å². The second-order valence-electron chi connectivity index (χ2n) is 5.34. The lowest BCUT2D eigenvalue weighted by Crippen LogP contribution is -2.37. The Bertz CT molecular complexity index is 499. The molecule has 0 aliphatic heterocycles. The molecule has 140 valence electrons. The summed E-state index contributed by atoms with van der Waals surface area (Å²) in [5.41, 5.74) is 6.20. The van der Waals surface area contributed by atoms with Crippen LogP contribution in [0.1, 0.15) is 12.5 Å². The van der Waals surface area contributed by atoms with Crippen LogP contribution in [0.15, 0.2) is 30.3 Å². The summed E-state index contributed by atoms with van der Waals surface area (Å²) in [6, 6.07) is 9.23. The lowest BCUT2D eigenvalue weighted by atomic mass is 10.2. The number of benzene rings is 1. The van der Waals surface area contributed by atoms with Gasteiger partial charge in [-0.2, -0.15) is 0 Å².